The van der Waals surface area contributed by atoms with Crippen molar-refractivity contribution >= 4 is 11.6 Å². The first-order valence-electron chi connectivity index (χ1n) is 5.60. The van der Waals surface area contributed by atoms with Crippen LogP contribution in [0.4, 0.5) is 8.78 Å². The third kappa shape index (κ3) is 3.47. The van der Waals surface area contributed by atoms with Crippen LogP contribution in [0.3, 0.4) is 0 Å². The normalized spacial score (nSPS) is 12.4. The largest absolute Gasteiger partial charge is 0.271 e. The van der Waals surface area contributed by atoms with E-state index in [-0.39, 0.29) is 11.1 Å². The zero-order valence-electron chi connectivity index (χ0n) is 9.91. The number of pyridine rings is 1. The fraction of sp³-hybridized carbons (Fsp3) is 0.154. The van der Waals surface area contributed by atoms with Gasteiger partial charge < -0.3 is 0 Å². The van der Waals surface area contributed by atoms with E-state index < -0.39 is 11.6 Å². The minimum absolute atomic E-state index is 0.0469. The summed E-state index contributed by atoms with van der Waals surface area (Å²) in [4.78, 5) is 3.77. The third-order valence-corrected chi connectivity index (χ3v) is 3.04. The second-order valence-electron chi connectivity index (χ2n) is 4.11. The highest BCUT2D eigenvalue weighted by molar-refractivity contribution is 6.30. The topological polar surface area (TPSA) is 50.9 Å². The van der Waals surface area contributed by atoms with Crippen LogP contribution in [0.1, 0.15) is 17.2 Å². The van der Waals surface area contributed by atoms with Crippen LogP contribution in [0.5, 0.6) is 0 Å². The van der Waals surface area contributed by atoms with Crippen molar-refractivity contribution < 1.29 is 8.78 Å². The second-order valence-corrected chi connectivity index (χ2v) is 4.52. The number of hydrogen-bond acceptors (Lipinski definition) is 3. The van der Waals surface area contributed by atoms with E-state index in [1.165, 1.54) is 24.4 Å². The molecule has 3 N–H and O–H groups in total. The molecule has 0 aliphatic carbocycles. The van der Waals surface area contributed by atoms with Crippen LogP contribution in [0, 0.1) is 11.6 Å². The number of nitrogens with two attached hydrogens (primary N) is 1. The van der Waals surface area contributed by atoms with E-state index in [1.54, 1.807) is 6.07 Å². The third-order valence-electron chi connectivity index (χ3n) is 2.75. The first-order chi connectivity index (χ1) is 9.10. The van der Waals surface area contributed by atoms with Crippen molar-refractivity contribution in [3.05, 3.63) is 64.4 Å². The van der Waals surface area contributed by atoms with Crippen LogP contribution >= 0.6 is 11.6 Å². The molecule has 0 aliphatic heterocycles. The number of rotatable bonds is 4. The number of benzene rings is 1. The number of hydrazine groups is 1. The molecule has 19 heavy (non-hydrogen) atoms. The van der Waals surface area contributed by atoms with Crippen LogP contribution in [-0.4, -0.2) is 4.98 Å². The summed E-state index contributed by atoms with van der Waals surface area (Å²) in [6.07, 6.45) is 3.09. The zero-order valence-corrected chi connectivity index (χ0v) is 10.7. The maximum Gasteiger partial charge on any atom is 0.141 e. The summed E-state index contributed by atoms with van der Waals surface area (Å²) >= 11 is 5.71. The van der Waals surface area contributed by atoms with Crippen LogP contribution in [0.15, 0.2) is 36.7 Å². The number of aromatic nitrogens is 1. The minimum Gasteiger partial charge on any atom is -0.271 e. The van der Waals surface area contributed by atoms with E-state index in [4.69, 9.17) is 17.4 Å². The predicted molar refractivity (Wildman–Crippen MR) is 69.4 cm³/mol. The Labute approximate surface area is 114 Å². The Hall–Kier alpha value is -1.56. The van der Waals surface area contributed by atoms with Gasteiger partial charge in [0.15, 0.2) is 0 Å². The lowest BCUT2D eigenvalue weighted by Crippen LogP contribution is -2.29. The molecule has 100 valence electrons. The van der Waals surface area contributed by atoms with Gasteiger partial charge in [0, 0.05) is 6.20 Å². The number of nitrogens with zero attached hydrogens (tertiary/aromatic N) is 1. The smallest absolute Gasteiger partial charge is 0.141 e. The van der Waals surface area contributed by atoms with Crippen molar-refractivity contribution in [1.29, 1.82) is 0 Å². The maximum absolute atomic E-state index is 13.1. The molecule has 1 aromatic heterocycles. The van der Waals surface area contributed by atoms with Gasteiger partial charge in [0.1, 0.15) is 11.6 Å². The predicted octanol–water partition coefficient (Wildman–Crippen LogP) is 2.76. The van der Waals surface area contributed by atoms with Gasteiger partial charge in [-0.1, -0.05) is 17.7 Å². The molecule has 0 saturated carbocycles. The van der Waals surface area contributed by atoms with E-state index in [0.29, 0.717) is 12.0 Å². The van der Waals surface area contributed by atoms with E-state index in [9.17, 15) is 8.78 Å². The average molecular weight is 284 g/mol. The molecule has 2 aromatic rings. The van der Waals surface area contributed by atoms with Crippen molar-refractivity contribution in [1.82, 2.24) is 10.4 Å². The summed E-state index contributed by atoms with van der Waals surface area (Å²) in [6.45, 7) is 0. The molecule has 1 atom stereocenters. The molecule has 1 unspecified atom stereocenters. The Morgan fingerprint density at radius 1 is 1.26 bits per heavy atom. The highest BCUT2D eigenvalue weighted by Crippen LogP contribution is 2.21. The molecular formula is C13H12ClF2N3. The Morgan fingerprint density at radius 2 is 2.05 bits per heavy atom. The minimum atomic E-state index is -0.477. The molecule has 2 rings (SSSR count). The van der Waals surface area contributed by atoms with Gasteiger partial charge in [-0.15, -0.1) is 0 Å². The Bertz CT molecular complexity index is 578. The number of halogens is 3. The van der Waals surface area contributed by atoms with Gasteiger partial charge in [-0.05, 0) is 35.7 Å². The number of nitrogens with one attached hydrogen (secondary N) is 1. The quantitative estimate of drug-likeness (QED) is 0.670. The fourth-order valence-electron chi connectivity index (χ4n) is 1.79. The molecule has 1 heterocycles. The molecule has 0 radical (unpaired) electrons. The summed E-state index contributed by atoms with van der Waals surface area (Å²) < 4.78 is 26.2. The Morgan fingerprint density at radius 3 is 2.68 bits per heavy atom. The molecule has 1 aromatic carbocycles. The lowest BCUT2D eigenvalue weighted by Gasteiger charge is -2.16. The molecule has 0 amide bonds. The standard InChI is InChI=1S/C13H12ClF2N3/c14-11-3-8(1-2-12(11)16)4-13(19-17)9-5-10(15)7-18-6-9/h1-3,5-7,13,19H,4,17H2. The lowest BCUT2D eigenvalue weighted by molar-refractivity contribution is 0.540. The number of hydrogen-bond donors (Lipinski definition) is 2. The monoisotopic (exact) mass is 283 g/mol. The highest BCUT2D eigenvalue weighted by atomic mass is 35.5. The first-order valence-corrected chi connectivity index (χ1v) is 5.98. The molecular weight excluding hydrogens is 272 g/mol. The second kappa shape index (κ2) is 6.06. The van der Waals surface area contributed by atoms with E-state index in [2.05, 4.69) is 10.4 Å². The van der Waals surface area contributed by atoms with Crippen LogP contribution in [0.2, 0.25) is 5.02 Å². The molecule has 0 fully saturated rings. The van der Waals surface area contributed by atoms with Crippen LogP contribution in [-0.2, 0) is 6.42 Å². The van der Waals surface area contributed by atoms with Gasteiger partial charge >= 0.3 is 0 Å². The van der Waals surface area contributed by atoms with Gasteiger partial charge in [-0.25, -0.2) is 8.78 Å². The average Bonchev–Trinajstić information content (AvgIpc) is 2.40. The van der Waals surface area contributed by atoms with Crippen molar-refractivity contribution in [2.45, 2.75) is 12.5 Å². The summed E-state index contributed by atoms with van der Waals surface area (Å²) in [7, 11) is 0. The molecule has 0 bridgehead atoms. The van der Waals surface area contributed by atoms with E-state index >= 15 is 0 Å². The molecule has 0 saturated heterocycles. The summed E-state index contributed by atoms with van der Waals surface area (Å²) in [5.74, 6) is 4.55. The van der Waals surface area contributed by atoms with Crippen molar-refractivity contribution in [2.75, 3.05) is 0 Å². The van der Waals surface area contributed by atoms with Crippen LogP contribution < -0.4 is 11.3 Å². The highest BCUT2D eigenvalue weighted by Gasteiger charge is 2.13. The molecule has 3 nitrogen and oxygen atoms in total. The molecule has 6 heteroatoms. The maximum atomic E-state index is 13.1. The Balaban J connectivity index is 2.21. The van der Waals surface area contributed by atoms with Crippen molar-refractivity contribution in [3.63, 3.8) is 0 Å². The van der Waals surface area contributed by atoms with Crippen LogP contribution in [0.25, 0.3) is 0 Å². The summed E-state index contributed by atoms with van der Waals surface area (Å²) in [6, 6.07) is 5.44. The van der Waals surface area contributed by atoms with Gasteiger partial charge in [-0.2, -0.15) is 0 Å². The van der Waals surface area contributed by atoms with Gasteiger partial charge in [0.05, 0.1) is 17.3 Å². The van der Waals surface area contributed by atoms with Gasteiger partial charge in [0.25, 0.3) is 0 Å². The Kier molecular flexibility index (Phi) is 4.42. The van der Waals surface area contributed by atoms with E-state index in [1.807, 2.05) is 0 Å². The fourth-order valence-corrected chi connectivity index (χ4v) is 2.00. The summed E-state index contributed by atoms with van der Waals surface area (Å²) in [5.41, 5.74) is 3.99. The van der Waals surface area contributed by atoms with Crippen molar-refractivity contribution in [2.24, 2.45) is 5.84 Å². The first kappa shape index (κ1) is 13.9. The lowest BCUT2D eigenvalue weighted by atomic mass is 10.0. The zero-order chi connectivity index (χ0) is 13.8. The van der Waals surface area contributed by atoms with E-state index in [0.717, 1.165) is 11.8 Å². The van der Waals surface area contributed by atoms with Gasteiger partial charge in [0.2, 0.25) is 0 Å². The van der Waals surface area contributed by atoms with Crippen molar-refractivity contribution in [3.8, 4) is 0 Å². The molecule has 0 aliphatic rings. The van der Waals surface area contributed by atoms with Gasteiger partial charge in [-0.3, -0.25) is 16.3 Å². The SMILES string of the molecule is NNC(Cc1ccc(F)c(Cl)c1)c1cncc(F)c1. The summed E-state index contributed by atoms with van der Waals surface area (Å²) in [5, 5.41) is 0.0469. The molecule has 0 spiro atoms.